The van der Waals surface area contributed by atoms with Gasteiger partial charge < -0.3 is 15.1 Å². The molecule has 25 heavy (non-hydrogen) atoms. The Morgan fingerprint density at radius 1 is 1.12 bits per heavy atom. The molecule has 0 saturated heterocycles. The van der Waals surface area contributed by atoms with E-state index in [2.05, 4.69) is 25.7 Å². The fraction of sp³-hybridized carbons (Fsp3) is 0.118. The van der Waals surface area contributed by atoms with Gasteiger partial charge in [-0.15, -0.1) is 0 Å². The average molecular weight is 332 g/mol. The molecule has 7 nitrogen and oxygen atoms in total. The zero-order valence-corrected chi connectivity index (χ0v) is 13.8. The van der Waals surface area contributed by atoms with Crippen molar-refractivity contribution in [1.82, 2.24) is 19.6 Å². The van der Waals surface area contributed by atoms with Crippen LogP contribution < -0.4 is 16.1 Å². The molecule has 4 aromatic rings. The molecular formula is C17H17BN6O. The molecule has 0 aliphatic heterocycles. The summed E-state index contributed by atoms with van der Waals surface area (Å²) in [7, 11) is 2.00. The summed E-state index contributed by atoms with van der Waals surface area (Å²) in [5.74, 6) is 2.49. The largest absolute Gasteiger partial charge is 0.467 e. The Morgan fingerprint density at radius 3 is 2.88 bits per heavy atom. The van der Waals surface area contributed by atoms with E-state index in [1.54, 1.807) is 12.5 Å². The minimum atomic E-state index is 0.575. The lowest BCUT2D eigenvalue weighted by molar-refractivity contribution is 0.518. The highest BCUT2D eigenvalue weighted by atomic mass is 16.3. The molecule has 4 rings (SSSR count). The molecule has 8 heteroatoms. The van der Waals surface area contributed by atoms with Gasteiger partial charge >= 0.3 is 0 Å². The molecule has 0 unspecified atom stereocenters. The lowest BCUT2D eigenvalue weighted by Gasteiger charge is -2.11. The molecular weight excluding hydrogens is 315 g/mol. The molecule has 4 heterocycles. The first-order chi connectivity index (χ1) is 12.3. The quantitative estimate of drug-likeness (QED) is 0.517. The molecule has 0 bridgehead atoms. The maximum atomic E-state index is 5.36. The monoisotopic (exact) mass is 332 g/mol. The van der Waals surface area contributed by atoms with E-state index in [4.69, 9.17) is 4.42 Å². The fourth-order valence-electron chi connectivity index (χ4n) is 2.58. The van der Waals surface area contributed by atoms with Crippen LogP contribution in [0.4, 0.5) is 11.6 Å². The standard InChI is InChI=1S/C17H17BN6O/c18-14-11-22-24-16(21-9-12-3-1-5-19-8-12)7-15(23-17(14)24)20-10-13-4-2-6-25-13/h1-8,11,21H,9-10,18H2,(H,20,23). The third kappa shape index (κ3) is 3.32. The van der Waals surface area contributed by atoms with Gasteiger partial charge in [0, 0.05) is 31.2 Å². The number of hydrogen-bond acceptors (Lipinski definition) is 6. The van der Waals surface area contributed by atoms with Crippen molar-refractivity contribution >= 4 is 30.6 Å². The van der Waals surface area contributed by atoms with Crippen molar-refractivity contribution in [2.24, 2.45) is 0 Å². The first-order valence-corrected chi connectivity index (χ1v) is 8.04. The number of pyridine rings is 1. The van der Waals surface area contributed by atoms with Crippen LogP contribution in [-0.2, 0) is 13.1 Å². The van der Waals surface area contributed by atoms with E-state index in [9.17, 15) is 0 Å². The normalized spacial score (nSPS) is 10.9. The predicted molar refractivity (Wildman–Crippen MR) is 98.8 cm³/mol. The third-order valence-electron chi connectivity index (χ3n) is 3.87. The molecule has 0 saturated carbocycles. The van der Waals surface area contributed by atoms with Gasteiger partial charge in [-0.1, -0.05) is 6.07 Å². The zero-order chi connectivity index (χ0) is 17.1. The highest BCUT2D eigenvalue weighted by Crippen LogP contribution is 2.16. The smallest absolute Gasteiger partial charge is 0.153 e. The molecule has 0 aliphatic rings. The number of hydrogen-bond donors (Lipinski definition) is 2. The van der Waals surface area contributed by atoms with Gasteiger partial charge in [-0.2, -0.15) is 9.61 Å². The SMILES string of the molecule is Bc1cnn2c(NCc3cccnc3)cc(NCc3ccco3)nc12. The number of aromatic nitrogens is 4. The average Bonchev–Trinajstić information content (AvgIpc) is 3.29. The number of anilines is 2. The van der Waals surface area contributed by atoms with E-state index in [0.717, 1.165) is 34.1 Å². The summed E-state index contributed by atoms with van der Waals surface area (Å²) >= 11 is 0. The lowest BCUT2D eigenvalue weighted by atomic mass is 10.0. The first kappa shape index (κ1) is 15.3. The van der Waals surface area contributed by atoms with Crippen LogP contribution in [0, 0.1) is 0 Å². The van der Waals surface area contributed by atoms with Crippen LogP contribution in [0.1, 0.15) is 11.3 Å². The van der Waals surface area contributed by atoms with Gasteiger partial charge in [-0.05, 0) is 29.2 Å². The second-order valence-corrected chi connectivity index (χ2v) is 5.74. The third-order valence-corrected chi connectivity index (χ3v) is 3.87. The van der Waals surface area contributed by atoms with E-state index < -0.39 is 0 Å². The van der Waals surface area contributed by atoms with Gasteiger partial charge in [-0.3, -0.25) is 4.98 Å². The Morgan fingerprint density at radius 2 is 2.08 bits per heavy atom. The van der Waals surface area contributed by atoms with Crippen molar-refractivity contribution in [3.05, 3.63) is 66.5 Å². The summed E-state index contributed by atoms with van der Waals surface area (Å²) in [6.45, 7) is 1.23. The lowest BCUT2D eigenvalue weighted by Crippen LogP contribution is -2.11. The highest BCUT2D eigenvalue weighted by Gasteiger charge is 2.09. The summed E-state index contributed by atoms with van der Waals surface area (Å²) in [5, 5.41) is 11.1. The molecule has 2 N–H and O–H groups in total. The molecule has 124 valence electrons. The number of nitrogens with zero attached hydrogens (tertiary/aromatic N) is 4. The first-order valence-electron chi connectivity index (χ1n) is 8.04. The van der Waals surface area contributed by atoms with Gasteiger partial charge in [0.1, 0.15) is 25.2 Å². The van der Waals surface area contributed by atoms with Gasteiger partial charge in [0.05, 0.1) is 12.8 Å². The molecule has 0 atom stereocenters. The Bertz CT molecular complexity index is 968. The molecule has 0 aliphatic carbocycles. The minimum Gasteiger partial charge on any atom is -0.467 e. The van der Waals surface area contributed by atoms with Crippen molar-refractivity contribution in [3.8, 4) is 0 Å². The van der Waals surface area contributed by atoms with Crippen LogP contribution in [0.15, 0.2) is 59.6 Å². The van der Waals surface area contributed by atoms with Crippen LogP contribution in [0.25, 0.3) is 5.65 Å². The summed E-state index contributed by atoms with van der Waals surface area (Å²) in [4.78, 5) is 8.79. The van der Waals surface area contributed by atoms with E-state index >= 15 is 0 Å². The summed E-state index contributed by atoms with van der Waals surface area (Å²) in [5.41, 5.74) is 2.94. The van der Waals surface area contributed by atoms with Crippen molar-refractivity contribution in [2.75, 3.05) is 10.6 Å². The zero-order valence-electron chi connectivity index (χ0n) is 13.8. The summed E-state index contributed by atoms with van der Waals surface area (Å²) < 4.78 is 7.17. The number of rotatable bonds is 6. The van der Waals surface area contributed by atoms with Gasteiger partial charge in [0.25, 0.3) is 0 Å². The number of nitrogens with one attached hydrogen (secondary N) is 2. The van der Waals surface area contributed by atoms with E-state index in [1.165, 1.54) is 0 Å². The second-order valence-electron chi connectivity index (χ2n) is 5.74. The molecule has 0 fully saturated rings. The summed E-state index contributed by atoms with van der Waals surface area (Å²) in [6.07, 6.45) is 7.08. The Kier molecular flexibility index (Phi) is 4.08. The van der Waals surface area contributed by atoms with E-state index in [-0.39, 0.29) is 0 Å². The molecule has 0 spiro atoms. The van der Waals surface area contributed by atoms with Crippen LogP contribution in [0.5, 0.6) is 0 Å². The number of fused-ring (bicyclic) bond motifs is 1. The molecule has 0 radical (unpaired) electrons. The van der Waals surface area contributed by atoms with Gasteiger partial charge in [0.15, 0.2) is 5.65 Å². The van der Waals surface area contributed by atoms with Crippen molar-refractivity contribution in [3.63, 3.8) is 0 Å². The van der Waals surface area contributed by atoms with Crippen molar-refractivity contribution in [2.45, 2.75) is 13.1 Å². The van der Waals surface area contributed by atoms with E-state index in [1.807, 2.05) is 55.1 Å². The minimum absolute atomic E-state index is 0.575. The topological polar surface area (TPSA) is 80.3 Å². The van der Waals surface area contributed by atoms with Crippen molar-refractivity contribution in [1.29, 1.82) is 0 Å². The highest BCUT2D eigenvalue weighted by molar-refractivity contribution is 6.36. The Hall–Kier alpha value is -3.29. The van der Waals surface area contributed by atoms with Crippen LogP contribution >= 0.6 is 0 Å². The molecule has 4 aromatic heterocycles. The predicted octanol–water partition coefficient (Wildman–Crippen LogP) is 1.20. The Labute approximate surface area is 145 Å². The molecule has 0 aromatic carbocycles. The number of furan rings is 1. The second kappa shape index (κ2) is 6.68. The van der Waals surface area contributed by atoms with Crippen molar-refractivity contribution < 1.29 is 4.42 Å². The van der Waals surface area contributed by atoms with Gasteiger partial charge in [0.2, 0.25) is 0 Å². The van der Waals surface area contributed by atoms with Gasteiger partial charge in [-0.25, -0.2) is 4.98 Å². The van der Waals surface area contributed by atoms with Crippen LogP contribution in [-0.4, -0.2) is 27.4 Å². The summed E-state index contributed by atoms with van der Waals surface area (Å²) in [6, 6.07) is 9.70. The molecule has 0 amide bonds. The maximum absolute atomic E-state index is 5.36. The maximum Gasteiger partial charge on any atom is 0.153 e. The van der Waals surface area contributed by atoms with Crippen LogP contribution in [0.2, 0.25) is 0 Å². The fourth-order valence-corrected chi connectivity index (χ4v) is 2.58. The van der Waals surface area contributed by atoms with Crippen LogP contribution in [0.3, 0.4) is 0 Å². The Balaban J connectivity index is 1.59. The van der Waals surface area contributed by atoms with E-state index in [0.29, 0.717) is 13.1 Å².